The van der Waals surface area contributed by atoms with Gasteiger partial charge in [0.1, 0.15) is 0 Å². The average molecular weight is 422 g/mol. The number of carboxylic acid groups (broad SMARTS) is 1. The normalized spacial score (nSPS) is 14.6. The zero-order chi connectivity index (χ0) is 21.8. The van der Waals surface area contributed by atoms with Crippen LogP contribution in [0.15, 0.2) is 36.7 Å². The maximum atomic E-state index is 10.8. The summed E-state index contributed by atoms with van der Waals surface area (Å²) in [5, 5.41) is 12.2. The third-order valence-electron chi connectivity index (χ3n) is 5.09. The van der Waals surface area contributed by atoms with E-state index in [1.165, 1.54) is 0 Å². The molecule has 0 saturated carbocycles. The van der Waals surface area contributed by atoms with E-state index in [9.17, 15) is 4.79 Å². The Balaban J connectivity index is 1.63. The molecule has 1 saturated heterocycles. The van der Waals surface area contributed by atoms with E-state index in [4.69, 9.17) is 19.8 Å². The second-order valence-electron chi connectivity index (χ2n) is 7.66. The van der Waals surface area contributed by atoms with Gasteiger partial charge in [-0.3, -0.25) is 0 Å². The molecule has 0 spiro atoms. The molecule has 1 fully saturated rings. The number of hydrogen-bond acceptors (Lipinski definition) is 7. The Morgan fingerprint density at radius 2 is 2.10 bits per heavy atom. The van der Waals surface area contributed by atoms with Gasteiger partial charge in [-0.2, -0.15) is 9.97 Å². The number of hydrogen-bond donors (Lipinski definition) is 2. The largest absolute Gasteiger partial charge is 0.478 e. The van der Waals surface area contributed by atoms with E-state index in [0.717, 1.165) is 41.5 Å². The molecule has 0 bridgehead atoms. The Bertz CT molecular complexity index is 1100. The number of aromatic nitrogens is 4. The molecule has 1 aromatic carbocycles. The molecule has 0 radical (unpaired) electrons. The predicted octanol–water partition coefficient (Wildman–Crippen LogP) is 2.95. The highest BCUT2D eigenvalue weighted by Gasteiger charge is 2.20. The average Bonchev–Trinajstić information content (AvgIpc) is 3.21. The van der Waals surface area contributed by atoms with Crippen LogP contribution >= 0.6 is 0 Å². The molecule has 2 N–H and O–H groups in total. The zero-order valence-electron chi connectivity index (χ0n) is 17.7. The quantitative estimate of drug-likeness (QED) is 0.560. The summed E-state index contributed by atoms with van der Waals surface area (Å²) in [5.74, 6) is 0.375. The second kappa shape index (κ2) is 9.13. The summed E-state index contributed by atoms with van der Waals surface area (Å²) in [6.07, 6.45) is 4.51. The summed E-state index contributed by atoms with van der Waals surface area (Å²) < 4.78 is 7.51. The SMILES string of the molecule is CC(C)n1cnc2c(NCc3cccc(/C=C/C(=O)O)c3)nc(N3CCOCC3)nc21. The van der Waals surface area contributed by atoms with E-state index in [2.05, 4.69) is 29.0 Å². The Morgan fingerprint density at radius 1 is 1.29 bits per heavy atom. The van der Waals surface area contributed by atoms with Gasteiger partial charge in [-0.15, -0.1) is 0 Å². The summed E-state index contributed by atoms with van der Waals surface area (Å²) in [6, 6.07) is 7.93. The number of anilines is 2. The van der Waals surface area contributed by atoms with Crippen LogP contribution in [0.4, 0.5) is 11.8 Å². The van der Waals surface area contributed by atoms with Crippen molar-refractivity contribution in [1.29, 1.82) is 0 Å². The number of nitrogens with one attached hydrogen (secondary N) is 1. The lowest BCUT2D eigenvalue weighted by Gasteiger charge is -2.27. The summed E-state index contributed by atoms with van der Waals surface area (Å²) in [7, 11) is 0. The van der Waals surface area contributed by atoms with Crippen molar-refractivity contribution >= 4 is 35.0 Å². The zero-order valence-corrected chi connectivity index (χ0v) is 17.7. The summed E-state index contributed by atoms with van der Waals surface area (Å²) in [4.78, 5) is 27.0. The van der Waals surface area contributed by atoms with Gasteiger partial charge in [-0.05, 0) is 37.1 Å². The first-order valence-electron chi connectivity index (χ1n) is 10.3. The fraction of sp³-hybridized carbons (Fsp3) is 0.364. The molecular weight excluding hydrogens is 396 g/mol. The topological polar surface area (TPSA) is 105 Å². The predicted molar refractivity (Wildman–Crippen MR) is 119 cm³/mol. The van der Waals surface area contributed by atoms with Crippen LogP contribution in [0.2, 0.25) is 0 Å². The van der Waals surface area contributed by atoms with Crippen LogP contribution < -0.4 is 10.2 Å². The number of morpholine rings is 1. The Hall–Kier alpha value is -3.46. The molecule has 4 rings (SSSR count). The van der Waals surface area contributed by atoms with Crippen LogP contribution in [0.25, 0.3) is 17.2 Å². The molecule has 2 aromatic heterocycles. The van der Waals surface area contributed by atoms with E-state index in [-0.39, 0.29) is 6.04 Å². The van der Waals surface area contributed by atoms with Crippen molar-refractivity contribution in [2.45, 2.75) is 26.4 Å². The number of ether oxygens (including phenoxy) is 1. The number of carboxylic acids is 1. The standard InChI is InChI=1S/C22H26N6O3/c1-15(2)28-14-24-19-20(25-22(26-21(19)28)27-8-10-31-11-9-27)23-13-17-5-3-4-16(12-17)6-7-18(29)30/h3-7,12,14-15H,8-11,13H2,1-2H3,(H,29,30)(H,23,25,26)/b7-6+. The van der Waals surface area contributed by atoms with Crippen LogP contribution in [0, 0.1) is 0 Å². The van der Waals surface area contributed by atoms with Crippen LogP contribution in [0.3, 0.4) is 0 Å². The fourth-order valence-corrected chi connectivity index (χ4v) is 3.47. The lowest BCUT2D eigenvalue weighted by atomic mass is 10.1. The van der Waals surface area contributed by atoms with Crippen molar-refractivity contribution in [1.82, 2.24) is 19.5 Å². The van der Waals surface area contributed by atoms with Crippen molar-refractivity contribution in [3.05, 3.63) is 47.8 Å². The van der Waals surface area contributed by atoms with Gasteiger partial charge in [0, 0.05) is 31.8 Å². The van der Waals surface area contributed by atoms with Crippen molar-refractivity contribution < 1.29 is 14.6 Å². The van der Waals surface area contributed by atoms with Gasteiger partial charge in [0.05, 0.1) is 19.5 Å². The molecule has 1 aliphatic heterocycles. The number of rotatable bonds is 7. The summed E-state index contributed by atoms with van der Waals surface area (Å²) in [5.41, 5.74) is 3.36. The van der Waals surface area contributed by atoms with E-state index < -0.39 is 5.97 Å². The maximum absolute atomic E-state index is 10.8. The summed E-state index contributed by atoms with van der Waals surface area (Å²) >= 11 is 0. The number of aliphatic carboxylic acids is 1. The van der Waals surface area contributed by atoms with Crippen molar-refractivity contribution in [3.63, 3.8) is 0 Å². The van der Waals surface area contributed by atoms with E-state index in [1.807, 2.05) is 28.8 Å². The monoisotopic (exact) mass is 422 g/mol. The Kier molecular flexibility index (Phi) is 6.13. The molecule has 3 aromatic rings. The van der Waals surface area contributed by atoms with Crippen molar-refractivity contribution in [2.75, 3.05) is 36.5 Å². The van der Waals surface area contributed by atoms with Crippen LogP contribution in [-0.4, -0.2) is 56.9 Å². The molecule has 3 heterocycles. The highest BCUT2D eigenvalue weighted by Crippen LogP contribution is 2.25. The maximum Gasteiger partial charge on any atom is 0.328 e. The first-order chi connectivity index (χ1) is 15.0. The number of benzene rings is 1. The third-order valence-corrected chi connectivity index (χ3v) is 5.09. The van der Waals surface area contributed by atoms with Crippen LogP contribution in [0.1, 0.15) is 31.0 Å². The van der Waals surface area contributed by atoms with Gasteiger partial charge in [0.2, 0.25) is 5.95 Å². The molecule has 9 nitrogen and oxygen atoms in total. The number of imidazole rings is 1. The van der Waals surface area contributed by atoms with E-state index >= 15 is 0 Å². The van der Waals surface area contributed by atoms with E-state index in [0.29, 0.717) is 31.5 Å². The molecule has 162 valence electrons. The molecular formula is C22H26N6O3. The number of nitrogens with zero attached hydrogens (tertiary/aromatic N) is 5. The van der Waals surface area contributed by atoms with Gasteiger partial charge in [-0.25, -0.2) is 9.78 Å². The molecule has 0 atom stereocenters. The smallest absolute Gasteiger partial charge is 0.328 e. The highest BCUT2D eigenvalue weighted by molar-refractivity contribution is 5.85. The first-order valence-corrected chi connectivity index (χ1v) is 10.3. The van der Waals surface area contributed by atoms with Gasteiger partial charge in [0.15, 0.2) is 17.0 Å². The van der Waals surface area contributed by atoms with Crippen molar-refractivity contribution in [3.8, 4) is 0 Å². The van der Waals surface area contributed by atoms with Gasteiger partial charge in [-0.1, -0.05) is 18.2 Å². The van der Waals surface area contributed by atoms with E-state index in [1.54, 1.807) is 12.4 Å². The highest BCUT2D eigenvalue weighted by atomic mass is 16.5. The minimum absolute atomic E-state index is 0.225. The van der Waals surface area contributed by atoms with Gasteiger partial charge in [0.25, 0.3) is 0 Å². The minimum Gasteiger partial charge on any atom is -0.478 e. The second-order valence-corrected chi connectivity index (χ2v) is 7.66. The van der Waals surface area contributed by atoms with Gasteiger partial charge >= 0.3 is 5.97 Å². The molecule has 0 unspecified atom stereocenters. The lowest BCUT2D eigenvalue weighted by molar-refractivity contribution is -0.131. The molecule has 1 aliphatic rings. The lowest BCUT2D eigenvalue weighted by Crippen LogP contribution is -2.37. The first kappa shape index (κ1) is 20.8. The molecule has 9 heteroatoms. The summed E-state index contributed by atoms with van der Waals surface area (Å²) in [6.45, 7) is 7.53. The molecule has 0 amide bonds. The fourth-order valence-electron chi connectivity index (χ4n) is 3.47. The third kappa shape index (κ3) is 4.83. The van der Waals surface area contributed by atoms with Crippen LogP contribution in [-0.2, 0) is 16.1 Å². The minimum atomic E-state index is -0.969. The van der Waals surface area contributed by atoms with Gasteiger partial charge < -0.3 is 24.6 Å². The Labute approximate surface area is 180 Å². The number of carbonyl (C=O) groups is 1. The van der Waals surface area contributed by atoms with Crippen molar-refractivity contribution in [2.24, 2.45) is 0 Å². The molecule has 0 aliphatic carbocycles. The number of fused-ring (bicyclic) bond motifs is 1. The molecule has 31 heavy (non-hydrogen) atoms. The Morgan fingerprint density at radius 3 is 2.84 bits per heavy atom. The van der Waals surface area contributed by atoms with Crippen LogP contribution in [0.5, 0.6) is 0 Å².